The minimum Gasteiger partial charge on any atom is -0.321 e. The second-order valence-corrected chi connectivity index (χ2v) is 7.30. The molecule has 1 amide bonds. The zero-order valence-corrected chi connectivity index (χ0v) is 15.5. The number of benzene rings is 2. The Morgan fingerprint density at radius 3 is 2.67 bits per heavy atom. The Balaban J connectivity index is 1.71. The minimum atomic E-state index is -0.558. The molecular formula is C19H12ClF2N3OS. The first-order valence-corrected chi connectivity index (χ1v) is 9.11. The maximum Gasteiger partial charge on any atom is 0.265 e. The molecule has 2 heterocycles. The predicted octanol–water partition coefficient (Wildman–Crippen LogP) is 5.49. The molecule has 4 nitrogen and oxygen atoms in total. The Labute approximate surface area is 162 Å². The van der Waals surface area contributed by atoms with Gasteiger partial charge in [-0.3, -0.25) is 9.48 Å². The second-order valence-electron chi connectivity index (χ2n) is 5.86. The number of carbonyl (C=O) groups is 1. The summed E-state index contributed by atoms with van der Waals surface area (Å²) in [6.07, 6.45) is 0. The van der Waals surface area contributed by atoms with Crippen molar-refractivity contribution in [1.82, 2.24) is 9.78 Å². The zero-order valence-electron chi connectivity index (χ0n) is 14.0. The Morgan fingerprint density at radius 2 is 1.93 bits per heavy atom. The average molecular weight is 404 g/mol. The summed E-state index contributed by atoms with van der Waals surface area (Å²) in [6, 6.07) is 12.0. The monoisotopic (exact) mass is 403 g/mol. The van der Waals surface area contributed by atoms with E-state index in [0.717, 1.165) is 4.83 Å². The lowest BCUT2D eigenvalue weighted by atomic mass is 10.1. The molecule has 0 unspecified atom stereocenters. The molecule has 0 fully saturated rings. The van der Waals surface area contributed by atoms with Crippen LogP contribution in [0.4, 0.5) is 14.5 Å². The molecule has 0 saturated carbocycles. The SMILES string of the molecule is Cn1nc(-c2ccccc2F)c2cc(C(=O)Nc3ccc(F)c(Cl)c3)sc21. The highest BCUT2D eigenvalue weighted by atomic mass is 35.5. The molecule has 136 valence electrons. The molecule has 2 aromatic heterocycles. The molecule has 0 bridgehead atoms. The van der Waals surface area contributed by atoms with Gasteiger partial charge in [0.2, 0.25) is 0 Å². The number of thiophene rings is 1. The quantitative estimate of drug-likeness (QED) is 0.492. The van der Waals surface area contributed by atoms with Gasteiger partial charge < -0.3 is 5.32 Å². The third-order valence-electron chi connectivity index (χ3n) is 4.04. The number of aromatic nitrogens is 2. The van der Waals surface area contributed by atoms with Crippen molar-refractivity contribution >= 4 is 44.7 Å². The molecule has 1 N–H and O–H groups in total. The molecule has 0 aliphatic rings. The van der Waals surface area contributed by atoms with Gasteiger partial charge in [0.1, 0.15) is 22.2 Å². The molecule has 4 aromatic rings. The fourth-order valence-electron chi connectivity index (χ4n) is 2.77. The van der Waals surface area contributed by atoms with Crippen molar-refractivity contribution in [3.8, 4) is 11.3 Å². The van der Waals surface area contributed by atoms with E-state index < -0.39 is 5.82 Å². The Bertz CT molecular complexity index is 1190. The van der Waals surface area contributed by atoms with Gasteiger partial charge in [0.15, 0.2) is 0 Å². The van der Waals surface area contributed by atoms with Crippen LogP contribution >= 0.6 is 22.9 Å². The van der Waals surface area contributed by atoms with Crippen molar-refractivity contribution in [2.24, 2.45) is 7.05 Å². The molecule has 0 saturated heterocycles. The number of carbonyl (C=O) groups excluding carboxylic acids is 1. The maximum atomic E-state index is 14.2. The lowest BCUT2D eigenvalue weighted by molar-refractivity contribution is 0.103. The van der Waals surface area contributed by atoms with Crippen LogP contribution in [-0.4, -0.2) is 15.7 Å². The number of hydrogen-bond donors (Lipinski definition) is 1. The fourth-order valence-corrected chi connectivity index (χ4v) is 3.92. The number of aryl methyl sites for hydroxylation is 1. The van der Waals surface area contributed by atoms with Gasteiger partial charge in [-0.2, -0.15) is 5.10 Å². The molecule has 4 rings (SSSR count). The molecule has 0 atom stereocenters. The molecule has 0 radical (unpaired) electrons. The maximum absolute atomic E-state index is 14.2. The predicted molar refractivity (Wildman–Crippen MR) is 103 cm³/mol. The van der Waals surface area contributed by atoms with Crippen molar-refractivity contribution in [2.45, 2.75) is 0 Å². The average Bonchev–Trinajstić information content (AvgIpc) is 3.20. The van der Waals surface area contributed by atoms with Gasteiger partial charge in [-0.1, -0.05) is 23.7 Å². The standard InChI is InChI=1S/C19H12ClF2N3OS/c1-25-19-12(17(24-25)11-4-2-3-5-14(11)21)9-16(27-19)18(26)23-10-6-7-15(22)13(20)8-10/h2-9H,1H3,(H,23,26). The smallest absolute Gasteiger partial charge is 0.265 e. The van der Waals surface area contributed by atoms with Crippen LogP contribution in [0, 0.1) is 11.6 Å². The number of halogens is 3. The van der Waals surface area contributed by atoms with E-state index in [4.69, 9.17) is 11.6 Å². The summed E-state index contributed by atoms with van der Waals surface area (Å²) in [4.78, 5) is 13.7. The number of hydrogen-bond acceptors (Lipinski definition) is 3. The molecule has 0 aliphatic heterocycles. The van der Waals surface area contributed by atoms with E-state index in [-0.39, 0.29) is 16.7 Å². The van der Waals surface area contributed by atoms with E-state index in [1.54, 1.807) is 36.0 Å². The first-order valence-electron chi connectivity index (χ1n) is 7.92. The molecule has 8 heteroatoms. The van der Waals surface area contributed by atoms with Crippen molar-refractivity contribution in [2.75, 3.05) is 5.32 Å². The van der Waals surface area contributed by atoms with Crippen LogP contribution < -0.4 is 5.32 Å². The highest BCUT2D eigenvalue weighted by molar-refractivity contribution is 7.20. The Morgan fingerprint density at radius 1 is 1.15 bits per heavy atom. The summed E-state index contributed by atoms with van der Waals surface area (Å²) in [5.41, 5.74) is 1.24. The fraction of sp³-hybridized carbons (Fsp3) is 0.0526. The number of fused-ring (bicyclic) bond motifs is 1. The third-order valence-corrected chi connectivity index (χ3v) is 5.53. The molecule has 0 spiro atoms. The number of nitrogens with zero attached hydrogens (tertiary/aromatic N) is 2. The summed E-state index contributed by atoms with van der Waals surface area (Å²) >= 11 is 6.98. The van der Waals surface area contributed by atoms with Crippen molar-refractivity contribution in [3.05, 3.63) is 70.1 Å². The summed E-state index contributed by atoms with van der Waals surface area (Å²) in [6.45, 7) is 0. The first kappa shape index (κ1) is 17.6. The molecular weight excluding hydrogens is 392 g/mol. The highest BCUT2D eigenvalue weighted by Gasteiger charge is 2.19. The van der Waals surface area contributed by atoms with E-state index in [1.807, 2.05) is 0 Å². The Kier molecular flexibility index (Phi) is 4.41. The van der Waals surface area contributed by atoms with E-state index in [1.165, 1.54) is 35.6 Å². The molecule has 27 heavy (non-hydrogen) atoms. The number of nitrogens with one attached hydrogen (secondary N) is 1. The van der Waals surface area contributed by atoms with Gasteiger partial charge in [-0.15, -0.1) is 11.3 Å². The minimum absolute atomic E-state index is 0.0739. The van der Waals surface area contributed by atoms with Crippen molar-refractivity contribution in [3.63, 3.8) is 0 Å². The van der Waals surface area contributed by atoms with E-state index in [0.29, 0.717) is 27.2 Å². The zero-order chi connectivity index (χ0) is 19.1. The van der Waals surface area contributed by atoms with Gasteiger partial charge >= 0.3 is 0 Å². The van der Waals surface area contributed by atoms with Crippen LogP contribution in [0.2, 0.25) is 5.02 Å². The summed E-state index contributed by atoms with van der Waals surface area (Å²) in [5, 5.41) is 7.68. The van der Waals surface area contributed by atoms with Gasteiger partial charge in [0, 0.05) is 23.7 Å². The largest absolute Gasteiger partial charge is 0.321 e. The van der Waals surface area contributed by atoms with Crippen LogP contribution in [0.25, 0.3) is 21.5 Å². The van der Waals surface area contributed by atoms with E-state index >= 15 is 0 Å². The van der Waals surface area contributed by atoms with E-state index in [9.17, 15) is 13.6 Å². The van der Waals surface area contributed by atoms with Crippen LogP contribution in [0.1, 0.15) is 9.67 Å². The number of amides is 1. The van der Waals surface area contributed by atoms with Crippen molar-refractivity contribution < 1.29 is 13.6 Å². The van der Waals surface area contributed by atoms with E-state index in [2.05, 4.69) is 10.4 Å². The number of anilines is 1. The molecule has 2 aromatic carbocycles. The normalized spacial score (nSPS) is 11.1. The summed E-state index contributed by atoms with van der Waals surface area (Å²) in [5.74, 6) is -1.30. The van der Waals surface area contributed by atoms with Crippen LogP contribution in [0.3, 0.4) is 0 Å². The molecule has 0 aliphatic carbocycles. The van der Waals surface area contributed by atoms with Crippen LogP contribution in [0.15, 0.2) is 48.5 Å². The second kappa shape index (κ2) is 6.75. The Hall–Kier alpha value is -2.77. The van der Waals surface area contributed by atoms with Gasteiger partial charge in [-0.25, -0.2) is 8.78 Å². The van der Waals surface area contributed by atoms with Crippen molar-refractivity contribution in [1.29, 1.82) is 0 Å². The summed E-state index contributed by atoms with van der Waals surface area (Å²) in [7, 11) is 1.74. The first-order chi connectivity index (χ1) is 12.9. The van der Waals surface area contributed by atoms with Crippen LogP contribution in [0.5, 0.6) is 0 Å². The van der Waals surface area contributed by atoms with Gasteiger partial charge in [0.25, 0.3) is 5.91 Å². The summed E-state index contributed by atoms with van der Waals surface area (Å²) < 4.78 is 29.0. The lowest BCUT2D eigenvalue weighted by Crippen LogP contribution is -2.10. The topological polar surface area (TPSA) is 46.9 Å². The third kappa shape index (κ3) is 3.20. The van der Waals surface area contributed by atoms with Gasteiger partial charge in [0.05, 0.1) is 9.90 Å². The highest BCUT2D eigenvalue weighted by Crippen LogP contribution is 2.35. The number of rotatable bonds is 3. The van der Waals surface area contributed by atoms with Gasteiger partial charge in [-0.05, 0) is 36.4 Å². The lowest BCUT2D eigenvalue weighted by Gasteiger charge is -2.04. The van der Waals surface area contributed by atoms with Crippen LogP contribution in [-0.2, 0) is 7.05 Å².